The molecule has 1 unspecified atom stereocenters. The second-order valence-corrected chi connectivity index (χ2v) is 5.86. The van der Waals surface area contributed by atoms with E-state index < -0.39 is 27.6 Å². The Morgan fingerprint density at radius 3 is 2.44 bits per heavy atom. The van der Waals surface area contributed by atoms with Gasteiger partial charge < -0.3 is 10.4 Å². The van der Waals surface area contributed by atoms with Crippen molar-refractivity contribution in [1.29, 1.82) is 0 Å². The molecule has 0 aliphatic rings. The van der Waals surface area contributed by atoms with Crippen molar-refractivity contribution >= 4 is 27.4 Å². The lowest BCUT2D eigenvalue weighted by molar-refractivity contribution is -0.144. The highest BCUT2D eigenvalue weighted by molar-refractivity contribution is 7.90. The maximum atomic E-state index is 11.5. The molecule has 7 heteroatoms. The number of hydrogen-bond acceptors (Lipinski definition) is 4. The summed E-state index contributed by atoms with van der Waals surface area (Å²) in [5, 5.41) is 11.0. The highest BCUT2D eigenvalue weighted by Gasteiger charge is 2.20. The SMILES string of the molecule is CC(C(=O)O)C(=O)Nc1cccc(S(C)(=O)=O)c1. The normalized spacial score (nSPS) is 12.8. The van der Waals surface area contributed by atoms with Crippen molar-refractivity contribution in [3.05, 3.63) is 24.3 Å². The number of carboxylic acids is 1. The minimum absolute atomic E-state index is 0.0586. The molecule has 0 bridgehead atoms. The third-order valence-corrected chi connectivity index (χ3v) is 3.40. The van der Waals surface area contributed by atoms with Crippen molar-refractivity contribution in [2.45, 2.75) is 11.8 Å². The number of sulfone groups is 1. The molecule has 2 N–H and O–H groups in total. The number of carbonyl (C=O) groups excluding carboxylic acids is 1. The van der Waals surface area contributed by atoms with Gasteiger partial charge in [-0.15, -0.1) is 0 Å². The van der Waals surface area contributed by atoms with Gasteiger partial charge in [-0.05, 0) is 25.1 Å². The molecule has 0 aromatic heterocycles. The van der Waals surface area contributed by atoms with Crippen LogP contribution in [0.4, 0.5) is 5.69 Å². The van der Waals surface area contributed by atoms with Crippen molar-refractivity contribution in [2.75, 3.05) is 11.6 Å². The Kier molecular flexibility index (Phi) is 4.07. The molecule has 6 nitrogen and oxygen atoms in total. The highest BCUT2D eigenvalue weighted by atomic mass is 32.2. The van der Waals surface area contributed by atoms with Crippen LogP contribution in [0.1, 0.15) is 6.92 Å². The van der Waals surface area contributed by atoms with E-state index in [0.717, 1.165) is 6.26 Å². The van der Waals surface area contributed by atoms with Gasteiger partial charge in [0.05, 0.1) is 4.90 Å². The molecule has 1 aromatic carbocycles. The van der Waals surface area contributed by atoms with Gasteiger partial charge in [-0.1, -0.05) is 6.07 Å². The molecule has 1 amide bonds. The summed E-state index contributed by atoms with van der Waals surface area (Å²) in [4.78, 5) is 22.1. The molecule has 0 aliphatic carbocycles. The molecular formula is C11H13NO5S. The van der Waals surface area contributed by atoms with Crippen molar-refractivity contribution in [3.8, 4) is 0 Å². The van der Waals surface area contributed by atoms with E-state index in [1.165, 1.54) is 31.2 Å². The number of benzene rings is 1. The van der Waals surface area contributed by atoms with Crippen molar-refractivity contribution in [1.82, 2.24) is 0 Å². The minimum Gasteiger partial charge on any atom is -0.481 e. The van der Waals surface area contributed by atoms with Crippen LogP contribution in [0.2, 0.25) is 0 Å². The van der Waals surface area contributed by atoms with E-state index in [9.17, 15) is 18.0 Å². The van der Waals surface area contributed by atoms with Gasteiger partial charge >= 0.3 is 5.97 Å². The number of carbonyl (C=O) groups is 2. The van der Waals surface area contributed by atoms with Crippen LogP contribution < -0.4 is 5.32 Å². The Morgan fingerprint density at radius 2 is 1.94 bits per heavy atom. The number of aliphatic carboxylic acids is 1. The van der Waals surface area contributed by atoms with E-state index in [0.29, 0.717) is 0 Å². The van der Waals surface area contributed by atoms with E-state index in [4.69, 9.17) is 5.11 Å². The first kappa shape index (κ1) is 14.2. The van der Waals surface area contributed by atoms with Crippen LogP contribution in [-0.4, -0.2) is 31.7 Å². The van der Waals surface area contributed by atoms with Gasteiger partial charge in [-0.25, -0.2) is 8.42 Å². The van der Waals surface area contributed by atoms with E-state index in [1.807, 2.05) is 0 Å². The van der Waals surface area contributed by atoms with Crippen LogP contribution in [0.5, 0.6) is 0 Å². The Bertz CT molecular complexity index is 579. The molecule has 1 aromatic rings. The first-order valence-corrected chi connectivity index (χ1v) is 6.95. The highest BCUT2D eigenvalue weighted by Crippen LogP contribution is 2.16. The van der Waals surface area contributed by atoms with Gasteiger partial charge in [-0.3, -0.25) is 9.59 Å². The lowest BCUT2D eigenvalue weighted by Gasteiger charge is -2.09. The van der Waals surface area contributed by atoms with E-state index in [2.05, 4.69) is 5.32 Å². The maximum absolute atomic E-state index is 11.5. The predicted octanol–water partition coefficient (Wildman–Crippen LogP) is 0.749. The van der Waals surface area contributed by atoms with Crippen LogP contribution in [0.25, 0.3) is 0 Å². The van der Waals surface area contributed by atoms with Gasteiger partial charge in [0.1, 0.15) is 5.92 Å². The quantitative estimate of drug-likeness (QED) is 0.787. The van der Waals surface area contributed by atoms with Crippen LogP contribution >= 0.6 is 0 Å². The fourth-order valence-electron chi connectivity index (χ4n) is 1.17. The Morgan fingerprint density at radius 1 is 1.33 bits per heavy atom. The minimum atomic E-state index is -3.37. The average molecular weight is 271 g/mol. The molecule has 0 aliphatic heterocycles. The van der Waals surface area contributed by atoms with Crippen molar-refractivity contribution in [3.63, 3.8) is 0 Å². The number of anilines is 1. The monoisotopic (exact) mass is 271 g/mol. The molecule has 0 heterocycles. The van der Waals surface area contributed by atoms with Gasteiger partial charge in [0.2, 0.25) is 5.91 Å². The summed E-state index contributed by atoms with van der Waals surface area (Å²) >= 11 is 0. The average Bonchev–Trinajstić information content (AvgIpc) is 2.27. The fourth-order valence-corrected chi connectivity index (χ4v) is 1.83. The Labute approximate surface area is 105 Å². The fraction of sp³-hybridized carbons (Fsp3) is 0.273. The van der Waals surface area contributed by atoms with E-state index in [-0.39, 0.29) is 10.6 Å². The molecule has 18 heavy (non-hydrogen) atoms. The lowest BCUT2D eigenvalue weighted by atomic mass is 10.1. The number of amides is 1. The third kappa shape index (κ3) is 3.56. The smallest absolute Gasteiger partial charge is 0.315 e. The molecule has 0 radical (unpaired) electrons. The van der Waals surface area contributed by atoms with Gasteiger partial charge in [0.15, 0.2) is 9.84 Å². The summed E-state index contributed by atoms with van der Waals surface area (Å²) in [6, 6.07) is 5.63. The summed E-state index contributed by atoms with van der Waals surface area (Å²) < 4.78 is 22.6. The van der Waals surface area contributed by atoms with Crippen LogP contribution in [0.3, 0.4) is 0 Å². The second kappa shape index (κ2) is 5.18. The molecule has 0 saturated carbocycles. The lowest BCUT2D eigenvalue weighted by Crippen LogP contribution is -2.26. The van der Waals surface area contributed by atoms with Gasteiger partial charge in [-0.2, -0.15) is 0 Å². The first-order chi connectivity index (χ1) is 8.21. The second-order valence-electron chi connectivity index (χ2n) is 3.85. The Hall–Kier alpha value is -1.89. The number of carboxylic acid groups (broad SMARTS) is 1. The summed E-state index contributed by atoms with van der Waals surface area (Å²) in [6.45, 7) is 1.25. The van der Waals surface area contributed by atoms with Crippen LogP contribution in [-0.2, 0) is 19.4 Å². The first-order valence-electron chi connectivity index (χ1n) is 5.05. The zero-order chi connectivity index (χ0) is 13.9. The van der Waals surface area contributed by atoms with Crippen molar-refractivity contribution in [2.24, 2.45) is 5.92 Å². The Balaban J connectivity index is 2.93. The standard InChI is InChI=1S/C11H13NO5S/c1-7(11(14)15)10(13)12-8-4-3-5-9(6-8)18(2,16)17/h3-7H,1-2H3,(H,12,13)(H,14,15). The molecule has 98 valence electrons. The summed E-state index contributed by atoms with van der Waals surface area (Å²) in [6.07, 6.45) is 1.05. The molecular weight excluding hydrogens is 258 g/mol. The number of hydrogen-bond donors (Lipinski definition) is 2. The largest absolute Gasteiger partial charge is 0.481 e. The topological polar surface area (TPSA) is 101 Å². The van der Waals surface area contributed by atoms with Crippen LogP contribution in [0, 0.1) is 5.92 Å². The molecule has 0 saturated heterocycles. The number of rotatable bonds is 4. The van der Waals surface area contributed by atoms with Crippen LogP contribution in [0.15, 0.2) is 29.2 Å². The van der Waals surface area contributed by atoms with E-state index in [1.54, 1.807) is 0 Å². The zero-order valence-electron chi connectivity index (χ0n) is 9.88. The maximum Gasteiger partial charge on any atom is 0.315 e. The molecule has 0 spiro atoms. The zero-order valence-corrected chi connectivity index (χ0v) is 10.7. The molecule has 0 fully saturated rings. The molecule has 1 atom stereocenters. The number of nitrogens with one attached hydrogen (secondary N) is 1. The van der Waals surface area contributed by atoms with Gasteiger partial charge in [0, 0.05) is 11.9 Å². The predicted molar refractivity (Wildman–Crippen MR) is 65.0 cm³/mol. The van der Waals surface area contributed by atoms with E-state index >= 15 is 0 Å². The van der Waals surface area contributed by atoms with Crippen molar-refractivity contribution < 1.29 is 23.1 Å². The van der Waals surface area contributed by atoms with Gasteiger partial charge in [0.25, 0.3) is 0 Å². The summed E-state index contributed by atoms with van der Waals surface area (Å²) in [5.74, 6) is -3.15. The summed E-state index contributed by atoms with van der Waals surface area (Å²) in [5.41, 5.74) is 0.246. The summed E-state index contributed by atoms with van der Waals surface area (Å²) in [7, 11) is -3.37. The third-order valence-electron chi connectivity index (χ3n) is 2.29. The molecule has 1 rings (SSSR count).